The number of rotatable bonds is 8. The van der Waals surface area contributed by atoms with Crippen LogP contribution in [-0.4, -0.2) is 68.7 Å². The molecule has 1 amide bonds. The maximum Gasteiger partial charge on any atom is 0.253 e. The van der Waals surface area contributed by atoms with Crippen LogP contribution in [-0.2, 0) is 17.8 Å². The van der Waals surface area contributed by atoms with E-state index in [9.17, 15) is 14.7 Å². The van der Waals surface area contributed by atoms with Crippen LogP contribution in [0.1, 0.15) is 43.4 Å². The van der Waals surface area contributed by atoms with Gasteiger partial charge in [0.05, 0.1) is 24.2 Å². The molecule has 2 saturated heterocycles. The number of carbonyl (C=O) groups is 1. The molecule has 7 heteroatoms. The van der Waals surface area contributed by atoms with Gasteiger partial charge < -0.3 is 10.0 Å². The molecular weight excluding hydrogens is 416 g/mol. The molecule has 4 rings (SSSR count). The van der Waals surface area contributed by atoms with Crippen molar-refractivity contribution in [1.29, 1.82) is 0 Å². The number of hydrogen-bond donors (Lipinski definition) is 1. The molecule has 2 aromatic rings. The Labute approximate surface area is 195 Å². The largest absolute Gasteiger partial charge is 0.388 e. The summed E-state index contributed by atoms with van der Waals surface area (Å²) in [7, 11) is 0. The number of amides is 1. The number of piperidine rings is 1. The molecule has 0 aliphatic carbocycles. The number of nitrogens with zero attached hydrogens (tertiary/aromatic N) is 4. The Morgan fingerprint density at radius 1 is 1.09 bits per heavy atom. The molecular formula is C26H34N4O3. The lowest BCUT2D eigenvalue weighted by Crippen LogP contribution is -2.49. The fraction of sp³-hybridized carbons (Fsp3) is 0.500. The number of aromatic nitrogens is 2. The lowest BCUT2D eigenvalue weighted by molar-refractivity contribution is -0.135. The number of hydrogen-bond acceptors (Lipinski definition) is 5. The highest BCUT2D eigenvalue weighted by atomic mass is 16.3. The van der Waals surface area contributed by atoms with Crippen molar-refractivity contribution in [3.63, 3.8) is 0 Å². The summed E-state index contributed by atoms with van der Waals surface area (Å²) in [6.07, 6.45) is 10.1. The van der Waals surface area contributed by atoms with Crippen LogP contribution in [0.3, 0.4) is 0 Å². The molecule has 1 aromatic carbocycles. The van der Waals surface area contributed by atoms with Gasteiger partial charge in [0, 0.05) is 32.1 Å². The molecule has 0 bridgehead atoms. The van der Waals surface area contributed by atoms with Crippen LogP contribution in [0.4, 0.5) is 0 Å². The summed E-state index contributed by atoms with van der Waals surface area (Å²) in [6, 6.07) is 11.5. The monoisotopic (exact) mass is 450 g/mol. The quantitative estimate of drug-likeness (QED) is 0.668. The van der Waals surface area contributed by atoms with Crippen molar-refractivity contribution < 1.29 is 9.90 Å². The fourth-order valence-corrected chi connectivity index (χ4v) is 4.64. The van der Waals surface area contributed by atoms with Crippen molar-refractivity contribution in [2.45, 2.75) is 50.7 Å². The molecule has 1 aromatic heterocycles. The smallest absolute Gasteiger partial charge is 0.253 e. The molecule has 2 aliphatic rings. The lowest BCUT2D eigenvalue weighted by Gasteiger charge is -2.38. The van der Waals surface area contributed by atoms with Crippen LogP contribution in [0, 0.1) is 0 Å². The Kier molecular flexibility index (Phi) is 7.73. The average Bonchev–Trinajstić information content (AvgIpc) is 3.34. The van der Waals surface area contributed by atoms with E-state index in [0.29, 0.717) is 38.0 Å². The van der Waals surface area contributed by atoms with Gasteiger partial charge in [-0.15, -0.1) is 0 Å². The first-order chi connectivity index (χ1) is 16.0. The minimum atomic E-state index is -1.01. The Balaban J connectivity index is 1.26. The Morgan fingerprint density at radius 3 is 2.52 bits per heavy atom. The van der Waals surface area contributed by atoms with Crippen molar-refractivity contribution in [3.05, 3.63) is 70.4 Å². The molecule has 176 valence electrons. The summed E-state index contributed by atoms with van der Waals surface area (Å²) in [5.41, 5.74) is 0.622. The maximum atomic E-state index is 12.6. The first kappa shape index (κ1) is 23.4. The Morgan fingerprint density at radius 2 is 1.82 bits per heavy atom. The minimum Gasteiger partial charge on any atom is -0.388 e. The lowest BCUT2D eigenvalue weighted by atomic mass is 9.91. The molecule has 2 aliphatic heterocycles. The summed E-state index contributed by atoms with van der Waals surface area (Å²) in [5.74, 6) is 0.116. The molecule has 1 N–H and O–H groups in total. The van der Waals surface area contributed by atoms with Gasteiger partial charge in [-0.05, 0) is 56.8 Å². The third-order valence-electron chi connectivity index (χ3n) is 6.73. The second-order valence-electron chi connectivity index (χ2n) is 9.28. The van der Waals surface area contributed by atoms with E-state index in [0.717, 1.165) is 31.6 Å². The van der Waals surface area contributed by atoms with Crippen LogP contribution in [0.25, 0.3) is 6.08 Å². The number of likely N-dealkylation sites (tertiary alicyclic amines) is 2. The number of carbonyl (C=O) groups excluding carboxylic acids is 1. The van der Waals surface area contributed by atoms with E-state index in [1.165, 1.54) is 29.8 Å². The van der Waals surface area contributed by atoms with Crippen molar-refractivity contribution in [1.82, 2.24) is 19.4 Å². The molecule has 7 nitrogen and oxygen atoms in total. The van der Waals surface area contributed by atoms with E-state index in [1.54, 1.807) is 0 Å². The molecule has 0 unspecified atom stereocenters. The van der Waals surface area contributed by atoms with E-state index in [4.69, 9.17) is 0 Å². The number of aryl methyl sites for hydroxylation is 1. The zero-order valence-corrected chi connectivity index (χ0v) is 19.2. The van der Waals surface area contributed by atoms with Crippen molar-refractivity contribution in [2.75, 3.05) is 32.7 Å². The van der Waals surface area contributed by atoms with Crippen LogP contribution < -0.4 is 5.56 Å². The van der Waals surface area contributed by atoms with Gasteiger partial charge in [0.2, 0.25) is 5.91 Å². The molecule has 2 fully saturated rings. The molecule has 0 saturated carbocycles. The van der Waals surface area contributed by atoms with Gasteiger partial charge >= 0.3 is 0 Å². The maximum absolute atomic E-state index is 12.6. The highest BCUT2D eigenvalue weighted by Gasteiger charge is 2.34. The van der Waals surface area contributed by atoms with E-state index in [1.807, 2.05) is 41.3 Å². The SMILES string of the molecule is O=C(CCc1ccccc1)N1CCC(O)(Cn2cnc(/C=C/CN3CCCC3)cc2=O)CC1. The van der Waals surface area contributed by atoms with E-state index < -0.39 is 5.60 Å². The normalized spacial score (nSPS) is 18.8. The Hall–Kier alpha value is -2.77. The van der Waals surface area contributed by atoms with Crippen molar-refractivity contribution in [2.24, 2.45) is 0 Å². The highest BCUT2D eigenvalue weighted by molar-refractivity contribution is 5.76. The second kappa shape index (κ2) is 10.9. The zero-order chi connectivity index (χ0) is 23.1. The van der Waals surface area contributed by atoms with Crippen molar-refractivity contribution >= 4 is 12.0 Å². The summed E-state index contributed by atoms with van der Waals surface area (Å²) < 4.78 is 1.48. The van der Waals surface area contributed by atoms with Gasteiger partial charge in [-0.1, -0.05) is 36.4 Å². The van der Waals surface area contributed by atoms with Crippen LogP contribution >= 0.6 is 0 Å². The third-order valence-corrected chi connectivity index (χ3v) is 6.73. The van der Waals surface area contributed by atoms with Gasteiger partial charge in [-0.3, -0.25) is 19.1 Å². The Bertz CT molecular complexity index is 1000. The summed E-state index contributed by atoms with van der Waals surface area (Å²) in [5, 5.41) is 11.0. The standard InChI is InChI=1S/C26H34N4O3/c31-24(11-10-22-7-2-1-3-8-22)29-17-12-26(33,13-18-29)20-30-21-27-23(19-25(30)32)9-6-16-28-14-4-5-15-28/h1-3,6-9,19,21,33H,4-5,10-18,20H2/b9-6+. The zero-order valence-electron chi connectivity index (χ0n) is 19.2. The first-order valence-corrected chi connectivity index (χ1v) is 12.0. The van der Waals surface area contributed by atoms with E-state index >= 15 is 0 Å². The summed E-state index contributed by atoms with van der Waals surface area (Å²) in [6.45, 7) is 4.35. The van der Waals surface area contributed by atoms with E-state index in [-0.39, 0.29) is 18.0 Å². The van der Waals surface area contributed by atoms with Gasteiger partial charge in [0.15, 0.2) is 0 Å². The van der Waals surface area contributed by atoms with Crippen molar-refractivity contribution in [3.8, 4) is 0 Å². The molecule has 0 atom stereocenters. The molecule has 33 heavy (non-hydrogen) atoms. The van der Waals surface area contributed by atoms with Gasteiger partial charge in [0.1, 0.15) is 0 Å². The van der Waals surface area contributed by atoms with Crippen LogP contribution in [0.5, 0.6) is 0 Å². The summed E-state index contributed by atoms with van der Waals surface area (Å²) >= 11 is 0. The summed E-state index contributed by atoms with van der Waals surface area (Å²) in [4.78, 5) is 33.7. The molecule has 3 heterocycles. The van der Waals surface area contributed by atoms with Gasteiger partial charge in [0.25, 0.3) is 5.56 Å². The third kappa shape index (κ3) is 6.62. The highest BCUT2D eigenvalue weighted by Crippen LogP contribution is 2.24. The molecule has 0 radical (unpaired) electrons. The number of benzene rings is 1. The topological polar surface area (TPSA) is 78.7 Å². The van der Waals surface area contributed by atoms with Crippen LogP contribution in [0.15, 0.2) is 53.6 Å². The second-order valence-corrected chi connectivity index (χ2v) is 9.28. The predicted octanol–water partition coefficient (Wildman–Crippen LogP) is 2.34. The molecule has 0 spiro atoms. The predicted molar refractivity (Wildman–Crippen MR) is 129 cm³/mol. The van der Waals surface area contributed by atoms with Crippen LogP contribution in [0.2, 0.25) is 0 Å². The minimum absolute atomic E-state index is 0.116. The average molecular weight is 451 g/mol. The van der Waals surface area contributed by atoms with Gasteiger partial charge in [-0.2, -0.15) is 0 Å². The fourth-order valence-electron chi connectivity index (χ4n) is 4.64. The first-order valence-electron chi connectivity index (χ1n) is 12.0. The number of aliphatic hydroxyl groups is 1. The van der Waals surface area contributed by atoms with E-state index in [2.05, 4.69) is 16.0 Å². The van der Waals surface area contributed by atoms with Gasteiger partial charge in [-0.25, -0.2) is 4.98 Å².